The average Bonchev–Trinajstić information content (AvgIpc) is 3.05. The second-order valence-electron chi connectivity index (χ2n) is 6.12. The molecule has 4 atom stereocenters. The number of hydrogen-bond acceptors (Lipinski definition) is 9. The van der Waals surface area contributed by atoms with Gasteiger partial charge < -0.3 is 19.9 Å². The van der Waals surface area contributed by atoms with Gasteiger partial charge in [-0.15, -0.1) is 0 Å². The zero-order valence-corrected chi connectivity index (χ0v) is 16.7. The van der Waals surface area contributed by atoms with Crippen molar-refractivity contribution in [3.63, 3.8) is 0 Å². The molecule has 0 unspecified atom stereocenters. The fourth-order valence-corrected chi connectivity index (χ4v) is 4.58. The minimum Gasteiger partial charge on any atom is -0.477 e. The zero-order chi connectivity index (χ0) is 19.0. The third kappa shape index (κ3) is 3.28. The molecular weight excluding hydrogens is 376 g/mol. The molecular formula is C16H22N4O4S2. The van der Waals surface area contributed by atoms with Crippen LogP contribution in [-0.4, -0.2) is 39.3 Å². The number of rotatable bonds is 5. The first-order chi connectivity index (χ1) is 12.4. The number of carbonyl (C=O) groups excluding carboxylic acids is 1. The molecule has 3 heterocycles. The zero-order valence-electron chi connectivity index (χ0n) is 15.1. The largest absolute Gasteiger partial charge is 0.477 e. The molecule has 2 N–H and O–H groups in total. The molecule has 0 bridgehead atoms. The van der Waals surface area contributed by atoms with Gasteiger partial charge in [-0.05, 0) is 25.6 Å². The SMILES string of the molecule is CCOc1nc(N)nc2c1sc(=S)n2[C@@H]1O[C@H](CC)[C@@H](C)[C@H]1OC(C)=O. The van der Waals surface area contributed by atoms with Crippen LogP contribution in [0.1, 0.15) is 40.3 Å². The number of aromatic nitrogens is 3. The Hall–Kier alpha value is -1.78. The second-order valence-corrected chi connectivity index (χ2v) is 7.76. The quantitative estimate of drug-likeness (QED) is 0.606. The van der Waals surface area contributed by atoms with E-state index in [0.29, 0.717) is 26.8 Å². The summed E-state index contributed by atoms with van der Waals surface area (Å²) in [6, 6.07) is 0. The second kappa shape index (κ2) is 7.45. The molecule has 10 heteroatoms. The number of hydrogen-bond donors (Lipinski definition) is 1. The van der Waals surface area contributed by atoms with Gasteiger partial charge in [0.1, 0.15) is 4.70 Å². The summed E-state index contributed by atoms with van der Waals surface area (Å²) in [4.78, 5) is 20.1. The van der Waals surface area contributed by atoms with Crippen molar-refractivity contribution >= 4 is 45.8 Å². The van der Waals surface area contributed by atoms with Crippen LogP contribution in [0.4, 0.5) is 5.95 Å². The number of ether oxygens (including phenoxy) is 3. The maximum absolute atomic E-state index is 11.6. The molecule has 1 saturated heterocycles. The first-order valence-corrected chi connectivity index (χ1v) is 9.73. The molecule has 0 radical (unpaired) electrons. The average molecular weight is 399 g/mol. The smallest absolute Gasteiger partial charge is 0.303 e. The van der Waals surface area contributed by atoms with Crippen LogP contribution in [0.25, 0.3) is 10.3 Å². The van der Waals surface area contributed by atoms with Crippen molar-refractivity contribution in [1.29, 1.82) is 0 Å². The van der Waals surface area contributed by atoms with Crippen LogP contribution in [-0.2, 0) is 14.3 Å². The highest BCUT2D eigenvalue weighted by atomic mass is 32.1. The van der Waals surface area contributed by atoms with E-state index in [9.17, 15) is 4.79 Å². The van der Waals surface area contributed by atoms with E-state index in [1.54, 1.807) is 4.57 Å². The van der Waals surface area contributed by atoms with Crippen molar-refractivity contribution in [2.45, 2.75) is 52.6 Å². The van der Waals surface area contributed by atoms with E-state index in [1.165, 1.54) is 18.3 Å². The highest BCUT2D eigenvalue weighted by Crippen LogP contribution is 2.41. The molecule has 3 rings (SSSR count). The number of carbonyl (C=O) groups is 1. The number of nitrogen functional groups attached to an aromatic ring is 1. The summed E-state index contributed by atoms with van der Waals surface area (Å²) in [5.74, 6) is 0.148. The number of anilines is 1. The van der Waals surface area contributed by atoms with Crippen molar-refractivity contribution in [2.24, 2.45) is 5.92 Å². The van der Waals surface area contributed by atoms with Crippen LogP contribution < -0.4 is 10.5 Å². The Balaban J connectivity index is 2.15. The summed E-state index contributed by atoms with van der Waals surface area (Å²) in [5.41, 5.74) is 6.39. The summed E-state index contributed by atoms with van der Waals surface area (Å²) >= 11 is 6.88. The summed E-state index contributed by atoms with van der Waals surface area (Å²) in [6.45, 7) is 7.74. The molecule has 0 spiro atoms. The molecule has 26 heavy (non-hydrogen) atoms. The predicted molar refractivity (Wildman–Crippen MR) is 101 cm³/mol. The molecule has 0 aromatic carbocycles. The molecule has 1 aliphatic rings. The van der Waals surface area contributed by atoms with E-state index < -0.39 is 12.3 Å². The lowest BCUT2D eigenvalue weighted by Crippen LogP contribution is -2.29. The van der Waals surface area contributed by atoms with Crippen molar-refractivity contribution < 1.29 is 19.0 Å². The lowest BCUT2D eigenvalue weighted by molar-refractivity contribution is -0.153. The maximum Gasteiger partial charge on any atom is 0.303 e. The molecule has 2 aromatic heterocycles. The van der Waals surface area contributed by atoms with E-state index in [-0.39, 0.29) is 23.9 Å². The van der Waals surface area contributed by atoms with Gasteiger partial charge in [-0.1, -0.05) is 25.2 Å². The molecule has 0 aliphatic carbocycles. The number of nitrogens with two attached hydrogens (primary N) is 1. The van der Waals surface area contributed by atoms with Gasteiger partial charge in [-0.2, -0.15) is 9.97 Å². The number of fused-ring (bicyclic) bond motifs is 1. The highest BCUT2D eigenvalue weighted by molar-refractivity contribution is 7.73. The van der Waals surface area contributed by atoms with Gasteiger partial charge >= 0.3 is 5.97 Å². The van der Waals surface area contributed by atoms with E-state index in [2.05, 4.69) is 9.97 Å². The van der Waals surface area contributed by atoms with Gasteiger partial charge in [-0.3, -0.25) is 9.36 Å². The highest BCUT2D eigenvalue weighted by Gasteiger charge is 2.45. The van der Waals surface area contributed by atoms with Crippen LogP contribution in [0, 0.1) is 9.87 Å². The minimum absolute atomic E-state index is 0.0243. The van der Waals surface area contributed by atoms with Gasteiger partial charge in [0.2, 0.25) is 11.8 Å². The number of esters is 1. The van der Waals surface area contributed by atoms with Crippen molar-refractivity contribution in [1.82, 2.24) is 14.5 Å². The van der Waals surface area contributed by atoms with Gasteiger partial charge in [0.25, 0.3) is 0 Å². The third-order valence-corrected chi connectivity index (χ3v) is 5.77. The first kappa shape index (κ1) is 19.0. The Kier molecular flexibility index (Phi) is 5.44. The lowest BCUT2D eigenvalue weighted by atomic mass is 9.98. The Labute approximate surface area is 160 Å². The number of nitrogens with zero attached hydrogens (tertiary/aromatic N) is 3. The van der Waals surface area contributed by atoms with Crippen LogP contribution in [0.3, 0.4) is 0 Å². The van der Waals surface area contributed by atoms with Crippen molar-refractivity contribution in [3.8, 4) is 5.88 Å². The standard InChI is InChI=1S/C16H22N4O4S2/c1-5-9-7(3)10(23-8(4)21)14(24-9)20-12-11(26-16(20)25)13(22-6-2)19-15(17)18-12/h7,9-10,14H,5-6H2,1-4H3,(H2,17,18,19)/t7-,9-,10-,14-/m1/s1. The fraction of sp³-hybridized carbons (Fsp3) is 0.625. The molecule has 1 fully saturated rings. The van der Waals surface area contributed by atoms with Crippen LogP contribution >= 0.6 is 23.6 Å². The van der Waals surface area contributed by atoms with E-state index in [4.69, 9.17) is 32.2 Å². The fourth-order valence-electron chi connectivity index (χ4n) is 3.25. The van der Waals surface area contributed by atoms with E-state index >= 15 is 0 Å². The Morgan fingerprint density at radius 3 is 2.77 bits per heavy atom. The van der Waals surface area contributed by atoms with Crippen molar-refractivity contribution in [2.75, 3.05) is 12.3 Å². The summed E-state index contributed by atoms with van der Waals surface area (Å²) in [6.07, 6.45) is -0.282. The van der Waals surface area contributed by atoms with Gasteiger partial charge in [0.15, 0.2) is 21.9 Å². The maximum atomic E-state index is 11.6. The van der Waals surface area contributed by atoms with Gasteiger partial charge in [0, 0.05) is 12.8 Å². The van der Waals surface area contributed by atoms with Crippen LogP contribution in [0.2, 0.25) is 0 Å². The molecule has 8 nitrogen and oxygen atoms in total. The molecule has 2 aromatic rings. The summed E-state index contributed by atoms with van der Waals surface area (Å²) in [7, 11) is 0. The Morgan fingerprint density at radius 2 is 2.15 bits per heavy atom. The van der Waals surface area contributed by atoms with Gasteiger partial charge in [-0.25, -0.2) is 0 Å². The molecule has 1 aliphatic heterocycles. The minimum atomic E-state index is -0.566. The normalized spacial score (nSPS) is 25.5. The lowest BCUT2D eigenvalue weighted by Gasteiger charge is -2.22. The predicted octanol–water partition coefficient (Wildman–Crippen LogP) is 3.08. The monoisotopic (exact) mass is 398 g/mol. The number of thiazole rings is 1. The molecule has 0 amide bonds. The van der Waals surface area contributed by atoms with Gasteiger partial charge in [0.05, 0.1) is 12.7 Å². The molecule has 142 valence electrons. The van der Waals surface area contributed by atoms with E-state index in [0.717, 1.165) is 6.42 Å². The van der Waals surface area contributed by atoms with Crippen molar-refractivity contribution in [3.05, 3.63) is 3.95 Å². The topological polar surface area (TPSA) is 101 Å². The third-order valence-electron chi connectivity index (χ3n) is 4.39. The molecule has 0 saturated carbocycles. The van der Waals surface area contributed by atoms with E-state index in [1.807, 2.05) is 20.8 Å². The summed E-state index contributed by atoms with van der Waals surface area (Å²) < 4.78 is 20.3. The van der Waals surface area contributed by atoms with Crippen LogP contribution in [0.5, 0.6) is 5.88 Å². The first-order valence-electron chi connectivity index (χ1n) is 8.51. The summed E-state index contributed by atoms with van der Waals surface area (Å²) in [5, 5.41) is 0. The Bertz CT molecular complexity index is 881. The Morgan fingerprint density at radius 1 is 1.42 bits per heavy atom. The van der Waals surface area contributed by atoms with Crippen LogP contribution in [0.15, 0.2) is 0 Å².